The minimum absolute atomic E-state index is 0. The molecule has 0 amide bonds. The summed E-state index contributed by atoms with van der Waals surface area (Å²) >= 11 is 0. The van der Waals surface area contributed by atoms with Gasteiger partial charge in [-0.2, -0.15) is 8.42 Å². The molecular weight excluding hydrogens is 248 g/mol. The Morgan fingerprint density at radius 1 is 0.824 bits per heavy atom. The van der Waals surface area contributed by atoms with Crippen LogP contribution in [0.1, 0.15) is 51.9 Å². The standard InChI is InChI=1S/C9H20O.2H3N.H2O4S/c1-2-3-4-5-6-7-8-9-10;;;1-5(2,3)4/h10H,2-9H2,1H3;2*1H3;(H2,1,2,3,4). The van der Waals surface area contributed by atoms with Crippen LogP contribution in [0, 0.1) is 0 Å². The highest BCUT2D eigenvalue weighted by atomic mass is 32.3. The van der Waals surface area contributed by atoms with Crippen molar-refractivity contribution in [2.45, 2.75) is 51.9 Å². The highest BCUT2D eigenvalue weighted by Crippen LogP contribution is 2.05. The highest BCUT2D eigenvalue weighted by Gasteiger charge is 1.88. The summed E-state index contributed by atoms with van der Waals surface area (Å²) in [7, 11) is -4.67. The highest BCUT2D eigenvalue weighted by molar-refractivity contribution is 7.79. The molecule has 0 aliphatic rings. The molecule has 0 bridgehead atoms. The predicted octanol–water partition coefficient (Wildman–Crippen LogP) is 2.40. The maximum absolute atomic E-state index is 8.74. The van der Waals surface area contributed by atoms with Crippen LogP contribution in [-0.2, 0) is 10.4 Å². The third-order valence-corrected chi connectivity index (χ3v) is 1.76. The molecule has 0 radical (unpaired) electrons. The molecule has 0 aromatic rings. The van der Waals surface area contributed by atoms with Gasteiger partial charge in [0.25, 0.3) is 0 Å². The first-order valence-corrected chi connectivity index (χ1v) is 6.62. The number of aliphatic hydroxyl groups excluding tert-OH is 1. The minimum atomic E-state index is -4.67. The zero-order chi connectivity index (χ0) is 12.2. The molecule has 0 atom stereocenters. The summed E-state index contributed by atoms with van der Waals surface area (Å²) < 4.78 is 31.6. The molecule has 0 heterocycles. The molecule has 0 aliphatic heterocycles. The topological polar surface area (TPSA) is 165 Å². The van der Waals surface area contributed by atoms with E-state index in [1.807, 2.05) is 0 Å². The van der Waals surface area contributed by atoms with Gasteiger partial charge >= 0.3 is 10.4 Å². The van der Waals surface area contributed by atoms with E-state index in [1.54, 1.807) is 0 Å². The van der Waals surface area contributed by atoms with Gasteiger partial charge in [-0.05, 0) is 6.42 Å². The SMILES string of the molecule is CCCCCCCCCO.N.N.O=S(=O)(O)O. The van der Waals surface area contributed by atoms with Gasteiger partial charge in [-0.1, -0.05) is 45.4 Å². The Labute approximate surface area is 104 Å². The van der Waals surface area contributed by atoms with Crippen molar-refractivity contribution in [3.8, 4) is 0 Å². The Balaban J connectivity index is -0.000000105. The fourth-order valence-corrected chi connectivity index (χ4v) is 1.07. The van der Waals surface area contributed by atoms with Crippen LogP contribution in [-0.4, -0.2) is 29.2 Å². The van der Waals surface area contributed by atoms with E-state index in [0.717, 1.165) is 6.42 Å². The maximum atomic E-state index is 8.74. The third kappa shape index (κ3) is 65.4. The summed E-state index contributed by atoms with van der Waals surface area (Å²) in [6.07, 6.45) is 8.93. The van der Waals surface area contributed by atoms with Crippen molar-refractivity contribution in [2.24, 2.45) is 0 Å². The van der Waals surface area contributed by atoms with Crippen molar-refractivity contribution in [1.82, 2.24) is 12.3 Å². The molecule has 0 spiro atoms. The molecule has 0 unspecified atom stereocenters. The number of rotatable bonds is 7. The normalized spacial score (nSPS) is 9.41. The number of hydrogen-bond acceptors (Lipinski definition) is 5. The largest absolute Gasteiger partial charge is 0.396 e. The molecule has 110 valence electrons. The van der Waals surface area contributed by atoms with Crippen LogP contribution in [0.4, 0.5) is 0 Å². The Bertz CT molecular complexity index is 193. The smallest absolute Gasteiger partial charge is 0.394 e. The molecule has 0 aromatic heterocycles. The van der Waals surface area contributed by atoms with E-state index in [9.17, 15) is 0 Å². The molecule has 17 heavy (non-hydrogen) atoms. The monoisotopic (exact) mass is 276 g/mol. The van der Waals surface area contributed by atoms with Crippen LogP contribution in [0.15, 0.2) is 0 Å². The third-order valence-electron chi connectivity index (χ3n) is 1.76. The van der Waals surface area contributed by atoms with Gasteiger partial charge in [-0.25, -0.2) is 0 Å². The van der Waals surface area contributed by atoms with Crippen molar-refractivity contribution in [3.05, 3.63) is 0 Å². The van der Waals surface area contributed by atoms with Crippen LogP contribution >= 0.6 is 0 Å². The lowest BCUT2D eigenvalue weighted by Crippen LogP contribution is -1.89. The molecule has 8 heteroatoms. The fourth-order valence-electron chi connectivity index (χ4n) is 1.07. The fraction of sp³-hybridized carbons (Fsp3) is 1.00. The van der Waals surface area contributed by atoms with Gasteiger partial charge in [0, 0.05) is 6.61 Å². The quantitative estimate of drug-likeness (QED) is 0.351. The van der Waals surface area contributed by atoms with E-state index < -0.39 is 10.4 Å². The van der Waals surface area contributed by atoms with Crippen molar-refractivity contribution in [2.75, 3.05) is 6.61 Å². The van der Waals surface area contributed by atoms with E-state index in [4.69, 9.17) is 22.6 Å². The van der Waals surface area contributed by atoms with Crippen molar-refractivity contribution < 1.29 is 22.6 Å². The molecule has 7 nitrogen and oxygen atoms in total. The van der Waals surface area contributed by atoms with Gasteiger partial charge in [0.15, 0.2) is 0 Å². The van der Waals surface area contributed by atoms with Crippen LogP contribution < -0.4 is 12.3 Å². The summed E-state index contributed by atoms with van der Waals surface area (Å²) in [5.74, 6) is 0. The second-order valence-electron chi connectivity index (χ2n) is 3.29. The van der Waals surface area contributed by atoms with E-state index in [0.29, 0.717) is 6.61 Å². The van der Waals surface area contributed by atoms with E-state index in [2.05, 4.69) is 6.92 Å². The van der Waals surface area contributed by atoms with Gasteiger partial charge in [-0.15, -0.1) is 0 Å². The Hall–Kier alpha value is -0.250. The lowest BCUT2D eigenvalue weighted by molar-refractivity contribution is 0.282. The molecule has 0 aromatic carbocycles. The van der Waals surface area contributed by atoms with Crippen LogP contribution in [0.25, 0.3) is 0 Å². The zero-order valence-electron chi connectivity index (χ0n) is 10.6. The molecule has 0 aliphatic carbocycles. The molecular formula is C9H28N2O5S. The first kappa shape index (κ1) is 25.6. The Morgan fingerprint density at radius 2 is 1.12 bits per heavy atom. The van der Waals surface area contributed by atoms with Crippen molar-refractivity contribution in [3.63, 3.8) is 0 Å². The average Bonchev–Trinajstić information content (AvgIpc) is 2.08. The van der Waals surface area contributed by atoms with Crippen LogP contribution in [0.5, 0.6) is 0 Å². The Kier molecular flexibility index (Phi) is 27.2. The molecule has 0 saturated carbocycles. The summed E-state index contributed by atoms with van der Waals surface area (Å²) in [6.45, 7) is 2.60. The molecule has 0 fully saturated rings. The first-order chi connectivity index (χ1) is 6.91. The predicted molar refractivity (Wildman–Crippen MR) is 69.3 cm³/mol. The average molecular weight is 276 g/mol. The lowest BCUT2D eigenvalue weighted by Gasteiger charge is -1.97. The summed E-state index contributed by atoms with van der Waals surface area (Å²) in [4.78, 5) is 0. The summed E-state index contributed by atoms with van der Waals surface area (Å²) in [5, 5.41) is 8.47. The number of unbranched alkanes of at least 4 members (excludes halogenated alkanes) is 6. The molecule has 0 saturated heterocycles. The number of aliphatic hydroxyl groups is 1. The lowest BCUT2D eigenvalue weighted by atomic mass is 10.1. The molecule has 0 rings (SSSR count). The van der Waals surface area contributed by atoms with Gasteiger partial charge in [0.05, 0.1) is 0 Å². The zero-order valence-corrected chi connectivity index (χ0v) is 11.5. The minimum Gasteiger partial charge on any atom is -0.396 e. The Morgan fingerprint density at radius 3 is 1.41 bits per heavy atom. The molecule has 9 N–H and O–H groups in total. The van der Waals surface area contributed by atoms with E-state index >= 15 is 0 Å². The van der Waals surface area contributed by atoms with Crippen LogP contribution in [0.2, 0.25) is 0 Å². The van der Waals surface area contributed by atoms with Gasteiger partial charge in [0.2, 0.25) is 0 Å². The second-order valence-corrected chi connectivity index (χ2v) is 4.19. The van der Waals surface area contributed by atoms with Gasteiger partial charge in [0.1, 0.15) is 0 Å². The van der Waals surface area contributed by atoms with Crippen molar-refractivity contribution in [1.29, 1.82) is 0 Å². The summed E-state index contributed by atoms with van der Waals surface area (Å²) in [5.41, 5.74) is 0. The van der Waals surface area contributed by atoms with Crippen LogP contribution in [0.3, 0.4) is 0 Å². The van der Waals surface area contributed by atoms with Gasteiger partial charge in [-0.3, -0.25) is 9.11 Å². The first-order valence-electron chi connectivity index (χ1n) is 5.22. The number of hydrogen-bond donors (Lipinski definition) is 5. The van der Waals surface area contributed by atoms with E-state index in [-0.39, 0.29) is 12.3 Å². The summed E-state index contributed by atoms with van der Waals surface area (Å²) in [6, 6.07) is 0. The maximum Gasteiger partial charge on any atom is 0.394 e. The van der Waals surface area contributed by atoms with Gasteiger partial charge < -0.3 is 17.4 Å². The van der Waals surface area contributed by atoms with Crippen molar-refractivity contribution >= 4 is 10.4 Å². The van der Waals surface area contributed by atoms with E-state index in [1.165, 1.54) is 38.5 Å². The second kappa shape index (κ2) is 18.1.